The van der Waals surface area contributed by atoms with Crippen molar-refractivity contribution >= 4 is 17.3 Å². The van der Waals surface area contributed by atoms with Crippen LogP contribution in [-0.4, -0.2) is 50.2 Å². The minimum atomic E-state index is -0.129. The van der Waals surface area contributed by atoms with Gasteiger partial charge in [0.1, 0.15) is 11.4 Å². The molecule has 1 aliphatic heterocycles. The van der Waals surface area contributed by atoms with Gasteiger partial charge >= 0.3 is 0 Å². The van der Waals surface area contributed by atoms with Crippen LogP contribution in [0.3, 0.4) is 0 Å². The molecule has 1 amide bonds. The molecule has 0 atom stereocenters. The van der Waals surface area contributed by atoms with E-state index >= 15 is 0 Å². The molecule has 0 spiro atoms. The van der Waals surface area contributed by atoms with Gasteiger partial charge in [0.15, 0.2) is 0 Å². The molecule has 26 heavy (non-hydrogen) atoms. The van der Waals surface area contributed by atoms with Gasteiger partial charge in [-0.25, -0.2) is 4.98 Å². The number of hydrogen-bond acceptors (Lipinski definition) is 5. The van der Waals surface area contributed by atoms with Gasteiger partial charge in [0.25, 0.3) is 5.91 Å². The molecule has 1 aliphatic rings. The van der Waals surface area contributed by atoms with Crippen LogP contribution in [0, 0.1) is 0 Å². The summed E-state index contributed by atoms with van der Waals surface area (Å²) in [6, 6.07) is 12.1. The van der Waals surface area contributed by atoms with Gasteiger partial charge in [-0.05, 0) is 50.2 Å². The number of ether oxygens (including phenoxy) is 1. The standard InChI is InChI=1S/C20H26N4O2/c1-15(2)22-20(25)19-9-6-17(14-21-19)24-12-10-23(11-13-24)16-4-7-18(26-3)8-5-16/h4-9,14-15H,10-13H2,1-3H3,(H,22,25). The number of piperazine rings is 1. The molecule has 0 aliphatic carbocycles. The maximum Gasteiger partial charge on any atom is 0.270 e. The Labute approximate surface area is 154 Å². The summed E-state index contributed by atoms with van der Waals surface area (Å²) in [7, 11) is 1.68. The fraction of sp³-hybridized carbons (Fsp3) is 0.400. The third-order valence-electron chi connectivity index (χ3n) is 4.48. The quantitative estimate of drug-likeness (QED) is 0.894. The van der Waals surface area contributed by atoms with Crippen molar-refractivity contribution in [1.82, 2.24) is 10.3 Å². The number of nitrogens with zero attached hydrogens (tertiary/aromatic N) is 3. The highest BCUT2D eigenvalue weighted by molar-refractivity contribution is 5.92. The first-order valence-corrected chi connectivity index (χ1v) is 8.97. The Morgan fingerprint density at radius 2 is 1.58 bits per heavy atom. The molecule has 0 radical (unpaired) electrons. The number of carbonyl (C=O) groups excluding carboxylic acids is 1. The number of anilines is 2. The molecule has 0 bridgehead atoms. The molecule has 0 unspecified atom stereocenters. The monoisotopic (exact) mass is 354 g/mol. The topological polar surface area (TPSA) is 57.7 Å². The van der Waals surface area contributed by atoms with Crippen molar-refractivity contribution in [1.29, 1.82) is 0 Å². The summed E-state index contributed by atoms with van der Waals surface area (Å²) in [6.45, 7) is 7.61. The van der Waals surface area contributed by atoms with Crippen molar-refractivity contribution in [2.45, 2.75) is 19.9 Å². The predicted octanol–water partition coefficient (Wildman–Crippen LogP) is 2.56. The summed E-state index contributed by atoms with van der Waals surface area (Å²) < 4.78 is 5.22. The molecule has 0 saturated carbocycles. The van der Waals surface area contributed by atoms with Crippen molar-refractivity contribution < 1.29 is 9.53 Å². The Balaban J connectivity index is 1.58. The molecule has 1 N–H and O–H groups in total. The summed E-state index contributed by atoms with van der Waals surface area (Å²) in [5.74, 6) is 0.746. The second kappa shape index (κ2) is 8.08. The lowest BCUT2D eigenvalue weighted by Crippen LogP contribution is -2.46. The largest absolute Gasteiger partial charge is 0.497 e. The third kappa shape index (κ3) is 4.25. The van der Waals surface area contributed by atoms with Crippen LogP contribution < -0.4 is 19.9 Å². The first-order valence-electron chi connectivity index (χ1n) is 8.97. The Bertz CT molecular complexity index is 720. The number of methoxy groups -OCH3 is 1. The lowest BCUT2D eigenvalue weighted by Gasteiger charge is -2.37. The fourth-order valence-corrected chi connectivity index (χ4v) is 3.06. The summed E-state index contributed by atoms with van der Waals surface area (Å²) in [6.07, 6.45) is 1.79. The smallest absolute Gasteiger partial charge is 0.270 e. The van der Waals surface area contributed by atoms with Crippen molar-refractivity contribution in [3.8, 4) is 5.75 Å². The summed E-state index contributed by atoms with van der Waals surface area (Å²) in [5.41, 5.74) is 2.73. The lowest BCUT2D eigenvalue weighted by molar-refractivity contribution is 0.0938. The highest BCUT2D eigenvalue weighted by atomic mass is 16.5. The minimum absolute atomic E-state index is 0.106. The molecule has 1 saturated heterocycles. The van der Waals surface area contributed by atoms with Crippen LogP contribution in [0.25, 0.3) is 0 Å². The van der Waals surface area contributed by atoms with Crippen LogP contribution in [0.4, 0.5) is 11.4 Å². The number of carbonyl (C=O) groups is 1. The van der Waals surface area contributed by atoms with E-state index in [1.165, 1.54) is 5.69 Å². The van der Waals surface area contributed by atoms with Crippen molar-refractivity contribution in [3.63, 3.8) is 0 Å². The van der Waals surface area contributed by atoms with Gasteiger partial charge in [0.2, 0.25) is 0 Å². The number of nitrogens with one attached hydrogen (secondary N) is 1. The van der Waals surface area contributed by atoms with E-state index in [1.807, 2.05) is 32.0 Å². The summed E-state index contributed by atoms with van der Waals surface area (Å²) >= 11 is 0. The lowest BCUT2D eigenvalue weighted by atomic mass is 10.2. The minimum Gasteiger partial charge on any atom is -0.497 e. The van der Waals surface area contributed by atoms with E-state index < -0.39 is 0 Å². The summed E-state index contributed by atoms with van der Waals surface area (Å²) in [5, 5.41) is 2.86. The van der Waals surface area contributed by atoms with Gasteiger partial charge in [-0.15, -0.1) is 0 Å². The second-order valence-corrected chi connectivity index (χ2v) is 6.70. The molecule has 6 nitrogen and oxygen atoms in total. The highest BCUT2D eigenvalue weighted by Gasteiger charge is 2.18. The van der Waals surface area contributed by atoms with E-state index in [-0.39, 0.29) is 11.9 Å². The Morgan fingerprint density at radius 1 is 1.00 bits per heavy atom. The van der Waals surface area contributed by atoms with E-state index in [4.69, 9.17) is 4.74 Å². The first kappa shape index (κ1) is 18.0. The number of rotatable bonds is 5. The SMILES string of the molecule is COc1ccc(N2CCN(c3ccc(C(=O)NC(C)C)nc3)CC2)cc1. The van der Waals surface area contributed by atoms with E-state index in [0.29, 0.717) is 5.69 Å². The molecule has 1 aromatic heterocycles. The molecule has 138 valence electrons. The molecule has 2 aromatic rings. The zero-order valence-electron chi connectivity index (χ0n) is 15.6. The number of amides is 1. The van der Waals surface area contributed by atoms with Gasteiger partial charge in [0, 0.05) is 37.9 Å². The van der Waals surface area contributed by atoms with Gasteiger partial charge in [-0.2, -0.15) is 0 Å². The number of pyridine rings is 1. The van der Waals surface area contributed by atoms with Gasteiger partial charge in [0.05, 0.1) is 19.0 Å². The van der Waals surface area contributed by atoms with Crippen LogP contribution in [-0.2, 0) is 0 Å². The van der Waals surface area contributed by atoms with Crippen LogP contribution in [0.1, 0.15) is 24.3 Å². The predicted molar refractivity (Wildman–Crippen MR) is 104 cm³/mol. The Hall–Kier alpha value is -2.76. The van der Waals surface area contributed by atoms with E-state index in [2.05, 4.69) is 32.2 Å². The fourth-order valence-electron chi connectivity index (χ4n) is 3.06. The first-order chi connectivity index (χ1) is 12.6. The van der Waals surface area contributed by atoms with Crippen LogP contribution in [0.5, 0.6) is 5.75 Å². The second-order valence-electron chi connectivity index (χ2n) is 6.70. The van der Waals surface area contributed by atoms with Crippen molar-refractivity contribution in [2.24, 2.45) is 0 Å². The van der Waals surface area contributed by atoms with Crippen molar-refractivity contribution in [2.75, 3.05) is 43.1 Å². The van der Waals surface area contributed by atoms with Gasteiger partial charge < -0.3 is 19.9 Å². The Kier molecular flexibility index (Phi) is 5.61. The van der Waals surface area contributed by atoms with Crippen molar-refractivity contribution in [3.05, 3.63) is 48.3 Å². The molecule has 1 fully saturated rings. The van der Waals surface area contributed by atoms with Crippen LogP contribution in [0.2, 0.25) is 0 Å². The number of hydrogen-bond donors (Lipinski definition) is 1. The molecular weight excluding hydrogens is 328 g/mol. The Morgan fingerprint density at radius 3 is 2.08 bits per heavy atom. The summed E-state index contributed by atoms with van der Waals surface area (Å²) in [4.78, 5) is 21.0. The molecular formula is C20H26N4O2. The van der Waals surface area contributed by atoms with E-state index in [9.17, 15) is 4.79 Å². The molecule has 2 heterocycles. The van der Waals surface area contributed by atoms with Crippen LogP contribution >= 0.6 is 0 Å². The van der Waals surface area contributed by atoms with Gasteiger partial charge in [-0.1, -0.05) is 0 Å². The van der Waals surface area contributed by atoms with Gasteiger partial charge in [-0.3, -0.25) is 4.79 Å². The maximum absolute atomic E-state index is 12.0. The zero-order chi connectivity index (χ0) is 18.5. The normalized spacial score (nSPS) is 14.5. The highest BCUT2D eigenvalue weighted by Crippen LogP contribution is 2.22. The average Bonchev–Trinajstić information content (AvgIpc) is 2.68. The molecule has 3 rings (SSSR count). The van der Waals surface area contributed by atoms with E-state index in [1.54, 1.807) is 19.4 Å². The maximum atomic E-state index is 12.0. The zero-order valence-corrected chi connectivity index (χ0v) is 15.6. The average molecular weight is 354 g/mol. The number of aromatic nitrogens is 1. The molecule has 1 aromatic carbocycles. The van der Waals surface area contributed by atoms with E-state index in [0.717, 1.165) is 37.6 Å². The third-order valence-corrected chi connectivity index (χ3v) is 4.48. The number of benzene rings is 1. The molecule has 6 heteroatoms. The van der Waals surface area contributed by atoms with Crippen LogP contribution in [0.15, 0.2) is 42.6 Å².